The largest absolute Gasteiger partial charge is 0.494 e. The normalized spacial score (nSPS) is 14.9. The number of hydrogen-bond acceptors (Lipinski definition) is 3. The Bertz CT molecular complexity index is 431. The van der Waals surface area contributed by atoms with Crippen molar-refractivity contribution in [3.8, 4) is 5.75 Å². The van der Waals surface area contributed by atoms with Crippen LogP contribution in [0.4, 0.5) is 0 Å². The second-order valence-corrected chi connectivity index (χ2v) is 4.38. The summed E-state index contributed by atoms with van der Waals surface area (Å²) in [7, 11) is 0. The van der Waals surface area contributed by atoms with E-state index in [1.54, 1.807) is 18.2 Å². The van der Waals surface area contributed by atoms with Crippen LogP contribution in [0, 0.1) is 0 Å². The average Bonchev–Trinajstić information content (AvgIpc) is 2.81. The van der Waals surface area contributed by atoms with E-state index in [0.29, 0.717) is 24.3 Å². The molecule has 0 saturated carbocycles. The van der Waals surface area contributed by atoms with Gasteiger partial charge in [0, 0.05) is 25.1 Å². The number of carbonyl (C=O) groups excluding carboxylic acids is 2. The number of benzene rings is 1. The van der Waals surface area contributed by atoms with Gasteiger partial charge in [-0.25, -0.2) is 0 Å². The Morgan fingerprint density at radius 3 is 3.00 bits per heavy atom. The number of ether oxygens (including phenoxy) is 1. The van der Waals surface area contributed by atoms with Gasteiger partial charge in [-0.05, 0) is 25.0 Å². The molecule has 1 aromatic rings. The lowest BCUT2D eigenvalue weighted by Crippen LogP contribution is -2.26. The Morgan fingerprint density at radius 2 is 2.28 bits per heavy atom. The van der Waals surface area contributed by atoms with E-state index >= 15 is 0 Å². The molecule has 1 aliphatic heterocycles. The second kappa shape index (κ2) is 6.19. The summed E-state index contributed by atoms with van der Waals surface area (Å²) >= 11 is 0. The minimum atomic E-state index is 0.248. The molecule has 4 nitrogen and oxygen atoms in total. The Labute approximate surface area is 107 Å². The van der Waals surface area contributed by atoms with Crippen LogP contribution in [-0.4, -0.2) is 36.8 Å². The van der Waals surface area contributed by atoms with Crippen molar-refractivity contribution in [1.29, 1.82) is 0 Å². The molecule has 1 aromatic carbocycles. The van der Waals surface area contributed by atoms with Crippen molar-refractivity contribution in [2.24, 2.45) is 0 Å². The number of amides is 1. The molecule has 2 rings (SSSR count). The smallest absolute Gasteiger partial charge is 0.222 e. The SMILES string of the molecule is O=Cc1cccc(OCCCN2CCCC2=O)c1. The third kappa shape index (κ3) is 3.32. The van der Waals surface area contributed by atoms with Crippen LogP contribution >= 0.6 is 0 Å². The van der Waals surface area contributed by atoms with Crippen molar-refractivity contribution in [1.82, 2.24) is 4.90 Å². The van der Waals surface area contributed by atoms with Gasteiger partial charge in [-0.15, -0.1) is 0 Å². The van der Waals surface area contributed by atoms with Crippen LogP contribution in [0.1, 0.15) is 29.6 Å². The fourth-order valence-corrected chi connectivity index (χ4v) is 2.06. The molecule has 1 fully saturated rings. The maximum Gasteiger partial charge on any atom is 0.222 e. The van der Waals surface area contributed by atoms with Gasteiger partial charge in [0.1, 0.15) is 12.0 Å². The number of rotatable bonds is 6. The molecule has 0 unspecified atom stereocenters. The van der Waals surface area contributed by atoms with Gasteiger partial charge >= 0.3 is 0 Å². The van der Waals surface area contributed by atoms with Gasteiger partial charge in [-0.2, -0.15) is 0 Å². The summed E-state index contributed by atoms with van der Waals surface area (Å²) < 4.78 is 5.55. The van der Waals surface area contributed by atoms with Crippen molar-refractivity contribution in [2.75, 3.05) is 19.7 Å². The van der Waals surface area contributed by atoms with Crippen LogP contribution in [-0.2, 0) is 4.79 Å². The summed E-state index contributed by atoms with van der Waals surface area (Å²) in [5, 5.41) is 0. The molecule has 0 atom stereocenters. The van der Waals surface area contributed by atoms with Gasteiger partial charge in [0.15, 0.2) is 0 Å². The third-order valence-corrected chi connectivity index (χ3v) is 3.01. The molecule has 0 aromatic heterocycles. The first-order chi connectivity index (χ1) is 8.79. The molecule has 4 heteroatoms. The maximum atomic E-state index is 11.4. The van der Waals surface area contributed by atoms with Crippen LogP contribution in [0.25, 0.3) is 0 Å². The number of likely N-dealkylation sites (tertiary alicyclic amines) is 1. The minimum absolute atomic E-state index is 0.248. The first-order valence-corrected chi connectivity index (χ1v) is 6.25. The predicted molar refractivity (Wildman–Crippen MR) is 67.8 cm³/mol. The molecule has 1 amide bonds. The van der Waals surface area contributed by atoms with Crippen molar-refractivity contribution in [2.45, 2.75) is 19.3 Å². The Morgan fingerprint density at radius 1 is 1.39 bits per heavy atom. The van der Waals surface area contributed by atoms with Crippen molar-refractivity contribution in [3.63, 3.8) is 0 Å². The van der Waals surface area contributed by atoms with E-state index in [2.05, 4.69) is 0 Å². The van der Waals surface area contributed by atoms with Crippen LogP contribution < -0.4 is 4.74 Å². The molecule has 18 heavy (non-hydrogen) atoms. The number of aldehydes is 1. The van der Waals surface area contributed by atoms with E-state index in [9.17, 15) is 9.59 Å². The summed E-state index contributed by atoms with van der Waals surface area (Å²) in [6, 6.07) is 7.08. The van der Waals surface area contributed by atoms with Crippen LogP contribution in [0.3, 0.4) is 0 Å². The van der Waals surface area contributed by atoms with Gasteiger partial charge in [-0.3, -0.25) is 9.59 Å². The highest BCUT2D eigenvalue weighted by Crippen LogP contribution is 2.13. The van der Waals surface area contributed by atoms with E-state index in [1.807, 2.05) is 11.0 Å². The lowest BCUT2D eigenvalue weighted by molar-refractivity contribution is -0.127. The van der Waals surface area contributed by atoms with Gasteiger partial charge < -0.3 is 9.64 Å². The van der Waals surface area contributed by atoms with Crippen molar-refractivity contribution >= 4 is 12.2 Å². The van der Waals surface area contributed by atoms with Gasteiger partial charge in [0.2, 0.25) is 5.91 Å². The highest BCUT2D eigenvalue weighted by atomic mass is 16.5. The van der Waals surface area contributed by atoms with Crippen LogP contribution in [0.15, 0.2) is 24.3 Å². The predicted octanol–water partition coefficient (Wildman–Crippen LogP) is 1.89. The van der Waals surface area contributed by atoms with Crippen LogP contribution in [0.5, 0.6) is 5.75 Å². The Hall–Kier alpha value is -1.84. The van der Waals surface area contributed by atoms with Gasteiger partial charge in [0.25, 0.3) is 0 Å². The Kier molecular flexibility index (Phi) is 4.34. The maximum absolute atomic E-state index is 11.4. The monoisotopic (exact) mass is 247 g/mol. The molecule has 0 spiro atoms. The molecule has 1 heterocycles. The zero-order valence-electron chi connectivity index (χ0n) is 10.3. The number of carbonyl (C=O) groups is 2. The van der Waals surface area contributed by atoms with E-state index in [-0.39, 0.29) is 5.91 Å². The quantitative estimate of drug-likeness (QED) is 0.569. The molecule has 0 radical (unpaired) electrons. The second-order valence-electron chi connectivity index (χ2n) is 4.38. The molecular formula is C14H17NO3. The molecule has 1 saturated heterocycles. The summed E-state index contributed by atoms with van der Waals surface area (Å²) in [4.78, 5) is 23.8. The first-order valence-electron chi connectivity index (χ1n) is 6.25. The molecule has 0 N–H and O–H groups in total. The fourth-order valence-electron chi connectivity index (χ4n) is 2.06. The number of nitrogens with zero attached hydrogens (tertiary/aromatic N) is 1. The minimum Gasteiger partial charge on any atom is -0.494 e. The molecule has 0 aliphatic carbocycles. The standard InChI is InChI=1S/C14H17NO3/c16-11-12-4-1-5-13(10-12)18-9-3-8-15-7-2-6-14(15)17/h1,4-5,10-11H,2-3,6-9H2. The highest BCUT2D eigenvalue weighted by Gasteiger charge is 2.18. The number of hydrogen-bond donors (Lipinski definition) is 0. The first kappa shape index (κ1) is 12.6. The zero-order valence-corrected chi connectivity index (χ0v) is 10.3. The lowest BCUT2D eigenvalue weighted by atomic mass is 10.2. The molecule has 96 valence electrons. The lowest BCUT2D eigenvalue weighted by Gasteiger charge is -2.15. The van der Waals surface area contributed by atoms with E-state index < -0.39 is 0 Å². The van der Waals surface area contributed by atoms with Gasteiger partial charge in [-0.1, -0.05) is 12.1 Å². The third-order valence-electron chi connectivity index (χ3n) is 3.01. The van der Waals surface area contributed by atoms with E-state index in [0.717, 1.165) is 32.2 Å². The highest BCUT2D eigenvalue weighted by molar-refractivity contribution is 5.78. The van der Waals surface area contributed by atoms with Crippen LogP contribution in [0.2, 0.25) is 0 Å². The molecule has 0 bridgehead atoms. The summed E-state index contributed by atoms with van der Waals surface area (Å²) in [6.45, 7) is 2.19. The van der Waals surface area contributed by atoms with E-state index in [4.69, 9.17) is 4.74 Å². The van der Waals surface area contributed by atoms with Gasteiger partial charge in [0.05, 0.1) is 6.61 Å². The molecule has 1 aliphatic rings. The summed E-state index contributed by atoms with van der Waals surface area (Å²) in [6.07, 6.45) is 3.27. The van der Waals surface area contributed by atoms with Crippen molar-refractivity contribution < 1.29 is 14.3 Å². The average molecular weight is 247 g/mol. The Balaban J connectivity index is 1.71. The van der Waals surface area contributed by atoms with E-state index in [1.165, 1.54) is 0 Å². The van der Waals surface area contributed by atoms with Crippen molar-refractivity contribution in [3.05, 3.63) is 29.8 Å². The fraction of sp³-hybridized carbons (Fsp3) is 0.429. The summed E-state index contributed by atoms with van der Waals surface area (Å²) in [5.74, 6) is 0.949. The molecular weight excluding hydrogens is 230 g/mol. The zero-order chi connectivity index (χ0) is 12.8. The summed E-state index contributed by atoms with van der Waals surface area (Å²) in [5.41, 5.74) is 0.613. The topological polar surface area (TPSA) is 46.6 Å².